The smallest absolute Gasteiger partial charge is 0.333 e. The van der Waals surface area contributed by atoms with E-state index in [-0.39, 0.29) is 15.7 Å². The van der Waals surface area contributed by atoms with Gasteiger partial charge in [-0.05, 0) is 80.5 Å². The number of thiophene rings is 1. The fourth-order valence-electron chi connectivity index (χ4n) is 4.32. The van der Waals surface area contributed by atoms with Crippen molar-refractivity contribution in [3.63, 3.8) is 0 Å². The number of hydrogen-bond donors (Lipinski definition) is 3. The molecule has 1 saturated carbocycles. The first-order chi connectivity index (χ1) is 15.0. The van der Waals surface area contributed by atoms with E-state index in [1.165, 1.54) is 25.5 Å². The minimum absolute atomic E-state index is 0.101. The summed E-state index contributed by atoms with van der Waals surface area (Å²) >= 11 is 0.784. The van der Waals surface area contributed by atoms with E-state index in [4.69, 9.17) is 0 Å². The highest BCUT2D eigenvalue weighted by molar-refractivity contribution is 7.92. The Bertz CT molecular complexity index is 1220. The molecule has 2 aromatic rings. The SMILES string of the molecule is CC(c1ccc2c(c1NC(=O)NS(=O)(=O)c1sc(C(C)(C)O)cc1C#N)CCC2)C1CC1. The van der Waals surface area contributed by atoms with Crippen molar-refractivity contribution in [3.05, 3.63) is 45.3 Å². The van der Waals surface area contributed by atoms with Gasteiger partial charge in [0.1, 0.15) is 6.07 Å². The standard InChI is InChI=1S/C23H27N3O4S2/c1-13(14-7-8-14)17-10-9-15-5-4-6-18(15)20(17)25-22(27)26-32(29,30)21-16(12-24)11-19(31-21)23(2,3)28/h9-11,13-14,28H,4-8H2,1-3H3,(H2,25,26,27). The second kappa shape index (κ2) is 8.18. The van der Waals surface area contributed by atoms with Crippen LogP contribution in [0.25, 0.3) is 0 Å². The Labute approximate surface area is 192 Å². The second-order valence-corrected chi connectivity index (χ2v) is 12.1. The van der Waals surface area contributed by atoms with Crippen molar-refractivity contribution >= 4 is 33.1 Å². The predicted molar refractivity (Wildman–Crippen MR) is 123 cm³/mol. The maximum absolute atomic E-state index is 12.9. The fraction of sp³-hybridized carbons (Fsp3) is 0.478. The number of rotatable bonds is 6. The van der Waals surface area contributed by atoms with Gasteiger partial charge in [0.05, 0.1) is 11.2 Å². The quantitative estimate of drug-likeness (QED) is 0.576. The minimum atomic E-state index is -4.29. The van der Waals surface area contributed by atoms with Gasteiger partial charge in [-0.2, -0.15) is 5.26 Å². The molecule has 0 spiro atoms. The van der Waals surface area contributed by atoms with Gasteiger partial charge in [-0.3, -0.25) is 0 Å². The largest absolute Gasteiger partial charge is 0.385 e. The molecule has 0 bridgehead atoms. The molecule has 1 aromatic heterocycles. The average Bonchev–Trinajstić information content (AvgIpc) is 3.25. The fourth-order valence-corrected chi connectivity index (χ4v) is 6.78. The Morgan fingerprint density at radius 1 is 1.31 bits per heavy atom. The Kier molecular flexibility index (Phi) is 5.82. The van der Waals surface area contributed by atoms with Crippen LogP contribution in [0, 0.1) is 17.2 Å². The summed E-state index contributed by atoms with van der Waals surface area (Å²) in [5.41, 5.74) is 2.63. The zero-order valence-corrected chi connectivity index (χ0v) is 20.0. The number of urea groups is 1. The Balaban J connectivity index is 1.62. The lowest BCUT2D eigenvalue weighted by Gasteiger charge is -2.20. The Hall–Kier alpha value is -2.41. The number of fused-ring (bicyclic) bond motifs is 1. The number of benzene rings is 1. The molecule has 9 heteroatoms. The van der Waals surface area contributed by atoms with E-state index >= 15 is 0 Å². The summed E-state index contributed by atoms with van der Waals surface area (Å²) in [4.78, 5) is 13.2. The summed E-state index contributed by atoms with van der Waals surface area (Å²) in [5, 5.41) is 22.4. The molecule has 32 heavy (non-hydrogen) atoms. The van der Waals surface area contributed by atoms with E-state index in [1.807, 2.05) is 6.07 Å². The normalized spacial score (nSPS) is 16.8. The summed E-state index contributed by atoms with van der Waals surface area (Å²) in [6.45, 7) is 5.17. The zero-order chi connectivity index (χ0) is 23.3. The van der Waals surface area contributed by atoms with Crippen LogP contribution in [0.2, 0.25) is 0 Å². The molecule has 1 unspecified atom stereocenters. The van der Waals surface area contributed by atoms with Crippen LogP contribution in [-0.2, 0) is 28.5 Å². The monoisotopic (exact) mass is 473 g/mol. The number of amides is 2. The summed E-state index contributed by atoms with van der Waals surface area (Å²) < 4.78 is 27.6. The number of aryl methyl sites for hydroxylation is 1. The van der Waals surface area contributed by atoms with Crippen LogP contribution in [0.3, 0.4) is 0 Å². The van der Waals surface area contributed by atoms with Crippen LogP contribution < -0.4 is 10.0 Å². The number of aliphatic hydroxyl groups is 1. The van der Waals surface area contributed by atoms with Gasteiger partial charge < -0.3 is 10.4 Å². The van der Waals surface area contributed by atoms with Crippen molar-refractivity contribution < 1.29 is 18.3 Å². The molecule has 7 nitrogen and oxygen atoms in total. The number of anilines is 1. The summed E-state index contributed by atoms with van der Waals surface area (Å²) in [5.74, 6) is 0.871. The van der Waals surface area contributed by atoms with Crippen molar-refractivity contribution in [2.75, 3.05) is 5.32 Å². The topological polar surface area (TPSA) is 119 Å². The molecule has 170 valence electrons. The lowest BCUT2D eigenvalue weighted by atomic mass is 9.91. The highest BCUT2D eigenvalue weighted by atomic mass is 32.2. The number of nitrogens with zero attached hydrogens (tertiary/aromatic N) is 1. The number of carbonyl (C=O) groups excluding carboxylic acids is 1. The second-order valence-electron chi connectivity index (χ2n) is 9.19. The van der Waals surface area contributed by atoms with Gasteiger partial charge in [0.2, 0.25) is 0 Å². The first-order valence-electron chi connectivity index (χ1n) is 10.8. The number of nitriles is 1. The molecule has 1 atom stereocenters. The summed E-state index contributed by atoms with van der Waals surface area (Å²) in [6.07, 6.45) is 5.13. The number of carbonyl (C=O) groups is 1. The van der Waals surface area contributed by atoms with Gasteiger partial charge in [0.25, 0.3) is 10.0 Å². The molecule has 1 aromatic carbocycles. The van der Waals surface area contributed by atoms with Gasteiger partial charge in [-0.25, -0.2) is 17.9 Å². The zero-order valence-electron chi connectivity index (χ0n) is 18.4. The Morgan fingerprint density at radius 3 is 2.66 bits per heavy atom. The maximum Gasteiger partial charge on any atom is 0.333 e. The molecule has 4 rings (SSSR count). The van der Waals surface area contributed by atoms with Gasteiger partial charge in [0.15, 0.2) is 4.21 Å². The highest BCUT2D eigenvalue weighted by Crippen LogP contribution is 2.46. The molecule has 1 fully saturated rings. The Morgan fingerprint density at radius 2 is 2.03 bits per heavy atom. The van der Waals surface area contributed by atoms with Gasteiger partial charge >= 0.3 is 6.03 Å². The third-order valence-electron chi connectivity index (χ3n) is 6.27. The lowest BCUT2D eigenvalue weighted by Crippen LogP contribution is -2.35. The molecule has 0 radical (unpaired) electrons. The molecular weight excluding hydrogens is 446 g/mol. The maximum atomic E-state index is 12.9. The van der Waals surface area contributed by atoms with E-state index in [0.29, 0.717) is 10.8 Å². The van der Waals surface area contributed by atoms with Crippen molar-refractivity contribution in [2.24, 2.45) is 5.92 Å². The van der Waals surface area contributed by atoms with E-state index in [9.17, 15) is 23.6 Å². The number of sulfonamides is 1. The molecule has 2 aliphatic carbocycles. The first kappa shape index (κ1) is 22.8. The molecule has 2 amide bonds. The van der Waals surface area contributed by atoms with Crippen molar-refractivity contribution in [1.82, 2.24) is 4.72 Å². The highest BCUT2D eigenvalue weighted by Gasteiger charge is 2.33. The van der Waals surface area contributed by atoms with Gasteiger partial charge in [0, 0.05) is 10.6 Å². The van der Waals surface area contributed by atoms with E-state index in [1.54, 1.807) is 0 Å². The lowest BCUT2D eigenvalue weighted by molar-refractivity contribution is 0.0825. The van der Waals surface area contributed by atoms with E-state index < -0.39 is 21.7 Å². The van der Waals surface area contributed by atoms with Crippen LogP contribution in [0.1, 0.15) is 73.1 Å². The van der Waals surface area contributed by atoms with E-state index in [2.05, 4.69) is 29.1 Å². The molecule has 0 aliphatic heterocycles. The molecule has 0 saturated heterocycles. The van der Waals surface area contributed by atoms with Crippen LogP contribution in [-0.4, -0.2) is 19.6 Å². The summed E-state index contributed by atoms with van der Waals surface area (Å²) in [6, 6.07) is 6.52. The molecule has 2 aliphatic rings. The van der Waals surface area contributed by atoms with Gasteiger partial charge in [-0.1, -0.05) is 19.1 Å². The molecular formula is C23H27N3O4S2. The average molecular weight is 474 g/mol. The van der Waals surface area contributed by atoms with Crippen molar-refractivity contribution in [1.29, 1.82) is 5.26 Å². The minimum Gasteiger partial charge on any atom is -0.385 e. The predicted octanol–water partition coefficient (Wildman–Crippen LogP) is 4.36. The van der Waals surface area contributed by atoms with Crippen LogP contribution in [0.4, 0.5) is 10.5 Å². The molecule has 3 N–H and O–H groups in total. The van der Waals surface area contributed by atoms with Gasteiger partial charge in [-0.15, -0.1) is 11.3 Å². The van der Waals surface area contributed by atoms with Crippen LogP contribution in [0.15, 0.2) is 22.4 Å². The number of nitrogens with one attached hydrogen (secondary N) is 2. The van der Waals surface area contributed by atoms with Crippen LogP contribution >= 0.6 is 11.3 Å². The van der Waals surface area contributed by atoms with Crippen molar-refractivity contribution in [3.8, 4) is 6.07 Å². The van der Waals surface area contributed by atoms with Crippen LogP contribution in [0.5, 0.6) is 0 Å². The first-order valence-corrected chi connectivity index (χ1v) is 13.1. The summed E-state index contributed by atoms with van der Waals surface area (Å²) in [7, 11) is -4.29. The third kappa shape index (κ3) is 4.40. The van der Waals surface area contributed by atoms with E-state index in [0.717, 1.165) is 60.3 Å². The molecule has 1 heterocycles. The van der Waals surface area contributed by atoms with Crippen molar-refractivity contribution in [2.45, 2.75) is 68.6 Å². The number of hydrogen-bond acceptors (Lipinski definition) is 6. The third-order valence-corrected chi connectivity index (χ3v) is 9.58.